The maximum absolute atomic E-state index is 11.9. The lowest BCUT2D eigenvalue weighted by Gasteiger charge is -2.16. The Morgan fingerprint density at radius 1 is 1.18 bits per heavy atom. The molecule has 0 aromatic heterocycles. The molecule has 1 rings (SSSR count). The van der Waals surface area contributed by atoms with Gasteiger partial charge in [0.2, 0.25) is 0 Å². The minimum absolute atomic E-state index is 0.125. The van der Waals surface area contributed by atoms with E-state index in [9.17, 15) is 13.2 Å². The van der Waals surface area contributed by atoms with Crippen LogP contribution in [0.25, 0.3) is 0 Å². The van der Waals surface area contributed by atoms with Gasteiger partial charge in [0.15, 0.2) is 15.6 Å². The lowest BCUT2D eigenvalue weighted by Crippen LogP contribution is -2.28. The predicted octanol–water partition coefficient (Wildman–Crippen LogP) is 2.73. The van der Waals surface area contributed by atoms with Gasteiger partial charge in [-0.3, -0.25) is 4.79 Å². The van der Waals surface area contributed by atoms with Crippen molar-refractivity contribution in [1.82, 2.24) is 0 Å². The van der Waals surface area contributed by atoms with Crippen molar-refractivity contribution in [1.29, 1.82) is 0 Å². The third-order valence-electron chi connectivity index (χ3n) is 2.33. The van der Waals surface area contributed by atoms with Crippen LogP contribution in [-0.2, 0) is 14.6 Å². The van der Waals surface area contributed by atoms with Crippen LogP contribution in [0.2, 0.25) is 5.02 Å². The first-order chi connectivity index (χ1) is 7.63. The standard InChI is InChI=1S/C12H15ClO3S/c1-12(2,3)11(14)8-17(15,16)10-6-4-9(13)5-7-10/h4-7H,8H2,1-3H3. The Kier molecular flexibility index (Phi) is 3.99. The Morgan fingerprint density at radius 3 is 2.06 bits per heavy atom. The van der Waals surface area contributed by atoms with Gasteiger partial charge in [-0.1, -0.05) is 32.4 Å². The quantitative estimate of drug-likeness (QED) is 0.852. The molecule has 0 saturated heterocycles. The molecule has 0 amide bonds. The molecular formula is C12H15ClO3S. The van der Waals surface area contributed by atoms with Crippen molar-refractivity contribution in [3.05, 3.63) is 29.3 Å². The molecule has 5 heteroatoms. The van der Waals surface area contributed by atoms with Gasteiger partial charge in [0.25, 0.3) is 0 Å². The third kappa shape index (κ3) is 3.82. The van der Waals surface area contributed by atoms with Crippen molar-refractivity contribution in [3.63, 3.8) is 0 Å². The molecule has 0 unspecified atom stereocenters. The highest BCUT2D eigenvalue weighted by molar-refractivity contribution is 7.92. The Morgan fingerprint density at radius 2 is 1.65 bits per heavy atom. The van der Waals surface area contributed by atoms with Gasteiger partial charge in [-0.25, -0.2) is 8.42 Å². The van der Waals surface area contributed by atoms with E-state index < -0.39 is 21.0 Å². The first-order valence-corrected chi connectivity index (χ1v) is 7.17. The molecule has 0 bridgehead atoms. The Labute approximate surface area is 107 Å². The molecule has 0 radical (unpaired) electrons. The van der Waals surface area contributed by atoms with Gasteiger partial charge < -0.3 is 0 Å². The summed E-state index contributed by atoms with van der Waals surface area (Å²) >= 11 is 5.68. The summed E-state index contributed by atoms with van der Waals surface area (Å²) in [6, 6.07) is 5.81. The molecule has 0 N–H and O–H groups in total. The topological polar surface area (TPSA) is 51.2 Å². The minimum Gasteiger partial charge on any atom is -0.298 e. The molecule has 0 heterocycles. The van der Waals surface area contributed by atoms with E-state index in [1.165, 1.54) is 24.3 Å². The van der Waals surface area contributed by atoms with Crippen LogP contribution in [0.1, 0.15) is 20.8 Å². The zero-order chi connectivity index (χ0) is 13.3. The van der Waals surface area contributed by atoms with Crippen LogP contribution in [0.3, 0.4) is 0 Å². The van der Waals surface area contributed by atoms with Crippen LogP contribution >= 0.6 is 11.6 Å². The molecule has 3 nitrogen and oxygen atoms in total. The summed E-state index contributed by atoms with van der Waals surface area (Å²) in [6.07, 6.45) is 0. The highest BCUT2D eigenvalue weighted by Crippen LogP contribution is 2.20. The van der Waals surface area contributed by atoms with Crippen molar-refractivity contribution in [3.8, 4) is 0 Å². The fourth-order valence-corrected chi connectivity index (χ4v) is 2.74. The molecule has 0 atom stereocenters. The minimum atomic E-state index is -3.57. The number of rotatable bonds is 3. The number of benzene rings is 1. The van der Waals surface area contributed by atoms with Crippen LogP contribution < -0.4 is 0 Å². The number of hydrogen-bond acceptors (Lipinski definition) is 3. The zero-order valence-corrected chi connectivity index (χ0v) is 11.6. The van der Waals surface area contributed by atoms with Gasteiger partial charge in [-0.05, 0) is 24.3 Å². The summed E-state index contributed by atoms with van der Waals surface area (Å²) in [4.78, 5) is 11.8. The van der Waals surface area contributed by atoms with E-state index in [1.807, 2.05) is 0 Å². The molecule has 0 saturated carbocycles. The van der Waals surface area contributed by atoms with Gasteiger partial charge in [0.05, 0.1) is 4.90 Å². The number of halogens is 1. The largest absolute Gasteiger partial charge is 0.298 e. The maximum Gasteiger partial charge on any atom is 0.185 e. The summed E-state index contributed by atoms with van der Waals surface area (Å²) in [5, 5.41) is 0.464. The molecule has 0 fully saturated rings. The van der Waals surface area contributed by atoms with Crippen molar-refractivity contribution in [2.45, 2.75) is 25.7 Å². The number of ketones is 1. The Hall–Kier alpha value is -0.870. The third-order valence-corrected chi connectivity index (χ3v) is 4.21. The van der Waals surface area contributed by atoms with E-state index in [2.05, 4.69) is 0 Å². The molecule has 17 heavy (non-hydrogen) atoms. The SMILES string of the molecule is CC(C)(C)C(=O)CS(=O)(=O)c1ccc(Cl)cc1. The predicted molar refractivity (Wildman–Crippen MR) is 68.0 cm³/mol. The van der Waals surface area contributed by atoms with E-state index in [0.29, 0.717) is 5.02 Å². The molecule has 1 aromatic carbocycles. The van der Waals surface area contributed by atoms with Crippen LogP contribution in [0, 0.1) is 5.41 Å². The fraction of sp³-hybridized carbons (Fsp3) is 0.417. The zero-order valence-electron chi connectivity index (χ0n) is 10.0. The lowest BCUT2D eigenvalue weighted by molar-refractivity contribution is -0.123. The molecular weight excluding hydrogens is 260 g/mol. The second-order valence-corrected chi connectivity index (χ2v) is 7.31. The second-order valence-electron chi connectivity index (χ2n) is 4.89. The highest BCUT2D eigenvalue weighted by atomic mass is 35.5. The van der Waals surface area contributed by atoms with E-state index in [0.717, 1.165) is 0 Å². The second kappa shape index (κ2) is 4.78. The van der Waals surface area contributed by atoms with E-state index >= 15 is 0 Å². The fourth-order valence-electron chi connectivity index (χ4n) is 1.11. The summed E-state index contributed by atoms with van der Waals surface area (Å²) in [5.74, 6) is -0.773. The summed E-state index contributed by atoms with van der Waals surface area (Å²) < 4.78 is 23.9. The smallest absolute Gasteiger partial charge is 0.185 e. The van der Waals surface area contributed by atoms with Gasteiger partial charge in [-0.15, -0.1) is 0 Å². The average molecular weight is 275 g/mol. The monoisotopic (exact) mass is 274 g/mol. The maximum atomic E-state index is 11.9. The normalized spacial score (nSPS) is 12.5. The van der Waals surface area contributed by atoms with Crippen molar-refractivity contribution < 1.29 is 13.2 Å². The van der Waals surface area contributed by atoms with Crippen LogP contribution in [-0.4, -0.2) is 20.0 Å². The highest BCUT2D eigenvalue weighted by Gasteiger charge is 2.27. The summed E-state index contributed by atoms with van der Waals surface area (Å²) in [7, 11) is -3.57. The number of sulfone groups is 1. The van der Waals surface area contributed by atoms with Gasteiger partial charge in [0, 0.05) is 10.4 Å². The van der Waals surface area contributed by atoms with Gasteiger partial charge >= 0.3 is 0 Å². The van der Waals surface area contributed by atoms with Crippen molar-refractivity contribution >= 4 is 27.2 Å². The van der Waals surface area contributed by atoms with E-state index in [4.69, 9.17) is 11.6 Å². The van der Waals surface area contributed by atoms with Crippen molar-refractivity contribution in [2.75, 3.05) is 5.75 Å². The molecule has 0 aliphatic heterocycles. The Balaban J connectivity index is 2.98. The van der Waals surface area contributed by atoms with Crippen LogP contribution in [0.5, 0.6) is 0 Å². The molecule has 0 aliphatic rings. The number of carbonyl (C=O) groups excluding carboxylic acids is 1. The van der Waals surface area contributed by atoms with Gasteiger partial charge in [-0.2, -0.15) is 0 Å². The Bertz CT molecular complexity index is 510. The summed E-state index contributed by atoms with van der Waals surface area (Å²) in [6.45, 7) is 5.10. The average Bonchev–Trinajstić information content (AvgIpc) is 2.16. The lowest BCUT2D eigenvalue weighted by atomic mass is 9.92. The van der Waals surface area contributed by atoms with Crippen molar-refractivity contribution in [2.24, 2.45) is 5.41 Å². The van der Waals surface area contributed by atoms with Crippen LogP contribution in [0.15, 0.2) is 29.2 Å². The van der Waals surface area contributed by atoms with E-state index in [1.54, 1.807) is 20.8 Å². The molecule has 0 aliphatic carbocycles. The molecule has 94 valence electrons. The first-order valence-electron chi connectivity index (χ1n) is 5.14. The number of carbonyl (C=O) groups is 1. The first kappa shape index (κ1) is 14.2. The summed E-state index contributed by atoms with van der Waals surface area (Å²) in [5.41, 5.74) is -0.653. The van der Waals surface area contributed by atoms with Crippen LogP contribution in [0.4, 0.5) is 0 Å². The van der Waals surface area contributed by atoms with E-state index in [-0.39, 0.29) is 10.7 Å². The number of hydrogen-bond donors (Lipinski definition) is 0. The molecule has 1 aromatic rings. The molecule has 0 spiro atoms. The number of Topliss-reactive ketones (excluding diaryl/α,β-unsaturated/α-hetero) is 1. The van der Waals surface area contributed by atoms with Gasteiger partial charge in [0.1, 0.15) is 5.75 Å².